The second-order valence-corrected chi connectivity index (χ2v) is 9.17. The van der Waals surface area contributed by atoms with Crippen molar-refractivity contribution in [3.05, 3.63) is 69.1 Å². The van der Waals surface area contributed by atoms with Crippen LogP contribution >= 0.6 is 34.5 Å². The molecular formula is C23H20Cl2N4OS. The Morgan fingerprint density at radius 3 is 2.74 bits per heavy atom. The van der Waals surface area contributed by atoms with Crippen molar-refractivity contribution >= 4 is 56.5 Å². The van der Waals surface area contributed by atoms with Gasteiger partial charge < -0.3 is 15.2 Å². The van der Waals surface area contributed by atoms with Crippen LogP contribution in [0.3, 0.4) is 0 Å². The monoisotopic (exact) mass is 470 g/mol. The van der Waals surface area contributed by atoms with E-state index in [1.54, 1.807) is 0 Å². The molecule has 0 radical (unpaired) electrons. The summed E-state index contributed by atoms with van der Waals surface area (Å²) in [6.07, 6.45) is 1.74. The quantitative estimate of drug-likeness (QED) is 0.419. The first-order valence-corrected chi connectivity index (χ1v) is 11.7. The Kier molecular flexibility index (Phi) is 5.71. The van der Waals surface area contributed by atoms with Gasteiger partial charge in [0.2, 0.25) is 5.91 Å². The fourth-order valence-corrected chi connectivity index (χ4v) is 5.19. The summed E-state index contributed by atoms with van der Waals surface area (Å²) in [5.41, 5.74) is 5.24. The van der Waals surface area contributed by atoms with E-state index < -0.39 is 0 Å². The zero-order valence-corrected chi connectivity index (χ0v) is 18.9. The van der Waals surface area contributed by atoms with E-state index in [1.807, 2.05) is 47.8 Å². The van der Waals surface area contributed by atoms with Gasteiger partial charge in [0.1, 0.15) is 6.54 Å². The van der Waals surface area contributed by atoms with Gasteiger partial charge in [-0.3, -0.25) is 4.79 Å². The maximum Gasteiger partial charge on any atom is 0.246 e. The number of nitrogens with one attached hydrogen (secondary N) is 2. The van der Waals surface area contributed by atoms with Crippen LogP contribution in [0.5, 0.6) is 0 Å². The van der Waals surface area contributed by atoms with Gasteiger partial charge in [-0.1, -0.05) is 53.5 Å². The average Bonchev–Trinajstić information content (AvgIpc) is 3.23. The number of nitrogens with zero attached hydrogens (tertiary/aromatic N) is 2. The Balaban J connectivity index is 1.44. The van der Waals surface area contributed by atoms with Gasteiger partial charge >= 0.3 is 0 Å². The molecule has 0 saturated carbocycles. The highest BCUT2D eigenvalue weighted by atomic mass is 35.5. The molecule has 0 saturated heterocycles. The largest absolute Gasteiger partial charge is 0.335 e. The predicted octanol–water partition coefficient (Wildman–Crippen LogP) is 5.40. The van der Waals surface area contributed by atoms with Crippen molar-refractivity contribution < 1.29 is 4.79 Å². The van der Waals surface area contributed by atoms with Gasteiger partial charge in [0, 0.05) is 35.0 Å². The van der Waals surface area contributed by atoms with Crippen molar-refractivity contribution in [2.24, 2.45) is 0 Å². The molecule has 2 N–H and O–H groups in total. The minimum absolute atomic E-state index is 0.114. The van der Waals surface area contributed by atoms with Gasteiger partial charge in [-0.15, -0.1) is 11.3 Å². The number of hydrogen-bond donors (Lipinski definition) is 2. The van der Waals surface area contributed by atoms with E-state index in [9.17, 15) is 4.79 Å². The number of anilines is 1. The van der Waals surface area contributed by atoms with Crippen LogP contribution in [0.1, 0.15) is 11.3 Å². The topological polar surface area (TPSA) is 59.0 Å². The Labute approximate surface area is 194 Å². The van der Waals surface area contributed by atoms with Crippen LogP contribution in [0.2, 0.25) is 10.0 Å². The van der Waals surface area contributed by atoms with Crippen LogP contribution in [0.15, 0.2) is 47.8 Å². The summed E-state index contributed by atoms with van der Waals surface area (Å²) in [7, 11) is 0. The van der Waals surface area contributed by atoms with Gasteiger partial charge in [0.25, 0.3) is 0 Å². The number of rotatable bonds is 4. The number of amides is 1. The molecule has 0 spiro atoms. The van der Waals surface area contributed by atoms with Crippen molar-refractivity contribution in [3.63, 3.8) is 0 Å². The predicted molar refractivity (Wildman–Crippen MR) is 128 cm³/mol. The zero-order valence-electron chi connectivity index (χ0n) is 16.6. The van der Waals surface area contributed by atoms with Crippen LogP contribution in [0.25, 0.3) is 22.2 Å². The van der Waals surface area contributed by atoms with E-state index in [4.69, 9.17) is 23.2 Å². The fourth-order valence-electron chi connectivity index (χ4n) is 4.13. The lowest BCUT2D eigenvalue weighted by Crippen LogP contribution is -2.21. The van der Waals surface area contributed by atoms with Gasteiger partial charge in [0.05, 0.1) is 21.3 Å². The number of thiazole rings is 1. The van der Waals surface area contributed by atoms with Crippen molar-refractivity contribution in [1.29, 1.82) is 0 Å². The summed E-state index contributed by atoms with van der Waals surface area (Å²) in [6.45, 7) is 1.98. The molecule has 1 aliphatic heterocycles. The minimum Gasteiger partial charge on any atom is -0.335 e. The standard InChI is InChI=1S/C23H20Cl2N4OS/c24-17-10-16-15-6-8-26-9-7-20(15)29(21(16)11-18(17)25)12-22(30)28-23-27-19(13-31-23)14-4-2-1-3-5-14/h1-5,10-11,13,26H,6-9,12H2,(H,27,28,30). The molecule has 0 aliphatic carbocycles. The molecule has 2 aromatic heterocycles. The summed E-state index contributed by atoms with van der Waals surface area (Å²) in [4.78, 5) is 17.5. The highest BCUT2D eigenvalue weighted by Crippen LogP contribution is 2.34. The van der Waals surface area contributed by atoms with Crippen LogP contribution in [0, 0.1) is 0 Å². The highest BCUT2D eigenvalue weighted by molar-refractivity contribution is 7.14. The zero-order chi connectivity index (χ0) is 21.4. The molecule has 3 heterocycles. The molecule has 8 heteroatoms. The first kappa shape index (κ1) is 20.5. The highest BCUT2D eigenvalue weighted by Gasteiger charge is 2.22. The van der Waals surface area contributed by atoms with Crippen LogP contribution in [-0.2, 0) is 24.2 Å². The summed E-state index contributed by atoms with van der Waals surface area (Å²) in [5.74, 6) is -0.114. The molecule has 0 atom stereocenters. The number of halogens is 2. The summed E-state index contributed by atoms with van der Waals surface area (Å²) >= 11 is 14.0. The van der Waals surface area contributed by atoms with Crippen molar-refractivity contribution in [2.75, 3.05) is 18.4 Å². The van der Waals surface area contributed by atoms with Gasteiger partial charge in [-0.2, -0.15) is 0 Å². The SMILES string of the molecule is O=C(Cn1c2c(c3cc(Cl)c(Cl)cc31)CCNCC2)Nc1nc(-c2ccccc2)cs1. The van der Waals surface area contributed by atoms with Crippen molar-refractivity contribution in [1.82, 2.24) is 14.9 Å². The van der Waals surface area contributed by atoms with E-state index in [0.717, 1.165) is 53.8 Å². The van der Waals surface area contributed by atoms with E-state index in [-0.39, 0.29) is 12.5 Å². The molecule has 5 rings (SSSR count). The first-order chi connectivity index (χ1) is 15.1. The summed E-state index contributed by atoms with van der Waals surface area (Å²) in [6, 6.07) is 13.7. The molecular weight excluding hydrogens is 451 g/mol. The molecule has 1 amide bonds. The second kappa shape index (κ2) is 8.63. The third-order valence-electron chi connectivity index (χ3n) is 5.54. The molecule has 1 aliphatic rings. The van der Waals surface area contributed by atoms with Gasteiger partial charge in [-0.25, -0.2) is 4.98 Å². The average molecular weight is 471 g/mol. The third-order valence-corrected chi connectivity index (χ3v) is 7.02. The van der Waals surface area contributed by atoms with E-state index in [1.165, 1.54) is 16.9 Å². The molecule has 158 valence electrons. The number of aromatic nitrogens is 2. The van der Waals surface area contributed by atoms with Crippen LogP contribution in [-0.4, -0.2) is 28.5 Å². The Bertz CT molecular complexity index is 1270. The fraction of sp³-hybridized carbons (Fsp3) is 0.217. The van der Waals surface area contributed by atoms with Crippen molar-refractivity contribution in [3.8, 4) is 11.3 Å². The molecule has 4 aromatic rings. The number of carbonyl (C=O) groups excluding carboxylic acids is 1. The summed E-state index contributed by atoms with van der Waals surface area (Å²) < 4.78 is 2.07. The molecule has 0 fully saturated rings. The number of fused-ring (bicyclic) bond motifs is 3. The molecule has 5 nitrogen and oxygen atoms in total. The Morgan fingerprint density at radius 2 is 1.90 bits per heavy atom. The lowest BCUT2D eigenvalue weighted by molar-refractivity contribution is -0.116. The minimum atomic E-state index is -0.114. The molecule has 31 heavy (non-hydrogen) atoms. The normalized spacial score (nSPS) is 13.7. The van der Waals surface area contributed by atoms with Crippen LogP contribution in [0.4, 0.5) is 5.13 Å². The lowest BCUT2D eigenvalue weighted by atomic mass is 10.1. The Morgan fingerprint density at radius 1 is 1.13 bits per heavy atom. The van der Waals surface area contributed by atoms with E-state index >= 15 is 0 Å². The maximum absolute atomic E-state index is 13.0. The first-order valence-electron chi connectivity index (χ1n) is 10.1. The van der Waals surface area contributed by atoms with Crippen molar-refractivity contribution in [2.45, 2.75) is 19.4 Å². The lowest BCUT2D eigenvalue weighted by Gasteiger charge is -2.11. The smallest absolute Gasteiger partial charge is 0.246 e. The number of benzene rings is 2. The molecule has 0 unspecified atom stereocenters. The van der Waals surface area contributed by atoms with E-state index in [2.05, 4.69) is 20.2 Å². The number of carbonyl (C=O) groups is 1. The second-order valence-electron chi connectivity index (χ2n) is 7.50. The van der Waals surface area contributed by atoms with E-state index in [0.29, 0.717) is 15.2 Å². The third kappa shape index (κ3) is 4.08. The Hall–Kier alpha value is -2.38. The number of hydrogen-bond acceptors (Lipinski definition) is 4. The summed E-state index contributed by atoms with van der Waals surface area (Å²) in [5, 5.41) is 11.0. The van der Waals surface area contributed by atoms with Gasteiger partial charge in [-0.05, 0) is 30.7 Å². The van der Waals surface area contributed by atoms with Gasteiger partial charge in [0.15, 0.2) is 5.13 Å². The maximum atomic E-state index is 13.0. The molecule has 0 bridgehead atoms. The molecule has 2 aromatic carbocycles. The van der Waals surface area contributed by atoms with Crippen LogP contribution < -0.4 is 10.6 Å².